The van der Waals surface area contributed by atoms with E-state index in [2.05, 4.69) is 10.5 Å². The SMILES string of the molecule is Nc1cccc(SSCCNC(=O)/C(Cc2ccc(O)c(Cl)c2)=N/O)c1. The van der Waals surface area contributed by atoms with Gasteiger partial charge in [-0.15, -0.1) is 0 Å². The quantitative estimate of drug-likeness (QED) is 0.132. The molecule has 6 nitrogen and oxygen atoms in total. The van der Waals surface area contributed by atoms with Gasteiger partial charge in [-0.3, -0.25) is 4.79 Å². The van der Waals surface area contributed by atoms with Gasteiger partial charge in [0.25, 0.3) is 5.91 Å². The Kier molecular flexibility index (Phi) is 7.96. The van der Waals surface area contributed by atoms with E-state index in [0.717, 1.165) is 4.90 Å². The summed E-state index contributed by atoms with van der Waals surface area (Å²) < 4.78 is 0. The molecule has 0 aliphatic rings. The maximum absolute atomic E-state index is 12.1. The van der Waals surface area contributed by atoms with Crippen LogP contribution in [0.3, 0.4) is 0 Å². The summed E-state index contributed by atoms with van der Waals surface area (Å²) in [6, 6.07) is 12.1. The fourth-order valence-corrected chi connectivity index (χ4v) is 4.14. The average Bonchev–Trinajstić information content (AvgIpc) is 2.62. The molecule has 0 spiro atoms. The van der Waals surface area contributed by atoms with Crippen LogP contribution in [0, 0.1) is 0 Å². The highest BCUT2D eigenvalue weighted by Crippen LogP contribution is 2.31. The second-order valence-corrected chi connectivity index (χ2v) is 8.14. The Morgan fingerprint density at radius 1 is 1.27 bits per heavy atom. The molecule has 2 aromatic carbocycles. The van der Waals surface area contributed by atoms with Gasteiger partial charge in [0.15, 0.2) is 0 Å². The van der Waals surface area contributed by atoms with Gasteiger partial charge in [-0.2, -0.15) is 0 Å². The molecule has 0 unspecified atom stereocenters. The van der Waals surface area contributed by atoms with E-state index in [0.29, 0.717) is 23.5 Å². The summed E-state index contributed by atoms with van der Waals surface area (Å²) in [6.07, 6.45) is 0.105. The number of hydrogen-bond donors (Lipinski definition) is 4. The van der Waals surface area contributed by atoms with Crippen molar-refractivity contribution >= 4 is 50.5 Å². The number of rotatable bonds is 8. The maximum atomic E-state index is 12.1. The summed E-state index contributed by atoms with van der Waals surface area (Å²) in [5, 5.41) is 24.4. The molecule has 0 fully saturated rings. The molecule has 0 aromatic heterocycles. The molecule has 2 rings (SSSR count). The van der Waals surface area contributed by atoms with Gasteiger partial charge in [-0.05, 0) is 35.9 Å². The zero-order valence-corrected chi connectivity index (χ0v) is 16.1. The lowest BCUT2D eigenvalue weighted by Crippen LogP contribution is -2.33. The predicted molar refractivity (Wildman–Crippen MR) is 108 cm³/mol. The van der Waals surface area contributed by atoms with Crippen LogP contribution in [0.15, 0.2) is 52.5 Å². The number of oxime groups is 1. The van der Waals surface area contributed by atoms with E-state index in [1.165, 1.54) is 12.1 Å². The van der Waals surface area contributed by atoms with Gasteiger partial charge >= 0.3 is 0 Å². The van der Waals surface area contributed by atoms with Crippen LogP contribution in [0.4, 0.5) is 5.69 Å². The summed E-state index contributed by atoms with van der Waals surface area (Å²) in [7, 11) is 3.16. The lowest BCUT2D eigenvalue weighted by atomic mass is 10.1. The second kappa shape index (κ2) is 10.2. The van der Waals surface area contributed by atoms with E-state index in [1.807, 2.05) is 24.3 Å². The number of benzene rings is 2. The third kappa shape index (κ3) is 6.36. The van der Waals surface area contributed by atoms with Crippen LogP contribution in [0.2, 0.25) is 5.02 Å². The van der Waals surface area contributed by atoms with Crippen LogP contribution >= 0.6 is 33.2 Å². The minimum Gasteiger partial charge on any atom is -0.506 e. The van der Waals surface area contributed by atoms with Crippen molar-refractivity contribution in [1.29, 1.82) is 0 Å². The number of nitrogens with one attached hydrogen (secondary N) is 1. The number of carbonyl (C=O) groups is 1. The Labute approximate surface area is 164 Å². The van der Waals surface area contributed by atoms with Gasteiger partial charge in [0, 0.05) is 29.3 Å². The average molecular weight is 412 g/mol. The van der Waals surface area contributed by atoms with E-state index < -0.39 is 5.91 Å². The number of aromatic hydroxyl groups is 1. The monoisotopic (exact) mass is 411 g/mol. The van der Waals surface area contributed by atoms with Crippen LogP contribution in [0.5, 0.6) is 5.75 Å². The number of nitrogen functional groups attached to an aromatic ring is 1. The van der Waals surface area contributed by atoms with Crippen LogP contribution in [-0.4, -0.2) is 34.2 Å². The Morgan fingerprint density at radius 3 is 2.77 bits per heavy atom. The summed E-state index contributed by atoms with van der Waals surface area (Å²) >= 11 is 5.83. The van der Waals surface area contributed by atoms with Crippen LogP contribution in [0.25, 0.3) is 0 Å². The molecule has 0 saturated heterocycles. The highest BCUT2D eigenvalue weighted by Gasteiger charge is 2.13. The van der Waals surface area contributed by atoms with Gasteiger partial charge < -0.3 is 21.4 Å². The van der Waals surface area contributed by atoms with Crippen molar-refractivity contribution < 1.29 is 15.1 Å². The molecule has 0 bridgehead atoms. The first-order chi connectivity index (χ1) is 12.5. The zero-order chi connectivity index (χ0) is 18.9. The van der Waals surface area contributed by atoms with Crippen LogP contribution in [-0.2, 0) is 11.2 Å². The molecule has 0 atom stereocenters. The molecule has 0 aliphatic carbocycles. The highest BCUT2D eigenvalue weighted by atomic mass is 35.5. The molecule has 138 valence electrons. The smallest absolute Gasteiger partial charge is 0.269 e. The molecule has 26 heavy (non-hydrogen) atoms. The number of anilines is 1. The number of amides is 1. The van der Waals surface area contributed by atoms with Crippen molar-refractivity contribution in [1.82, 2.24) is 5.32 Å². The molecule has 0 saturated carbocycles. The van der Waals surface area contributed by atoms with E-state index in [4.69, 9.17) is 22.5 Å². The third-order valence-electron chi connectivity index (χ3n) is 3.25. The van der Waals surface area contributed by atoms with Gasteiger partial charge in [0.2, 0.25) is 0 Å². The minimum absolute atomic E-state index is 0.0276. The zero-order valence-electron chi connectivity index (χ0n) is 13.7. The normalized spacial score (nSPS) is 11.3. The number of phenolic OH excluding ortho intramolecular Hbond substituents is 1. The van der Waals surface area contributed by atoms with Crippen molar-refractivity contribution in [2.24, 2.45) is 5.16 Å². The number of halogens is 1. The molecule has 2 aromatic rings. The van der Waals surface area contributed by atoms with Gasteiger partial charge in [0.1, 0.15) is 11.5 Å². The topological polar surface area (TPSA) is 108 Å². The van der Waals surface area contributed by atoms with Gasteiger partial charge in [-0.1, -0.05) is 50.5 Å². The Hall–Kier alpha value is -2.03. The Morgan fingerprint density at radius 2 is 2.08 bits per heavy atom. The van der Waals surface area contributed by atoms with Crippen molar-refractivity contribution in [3.05, 3.63) is 53.1 Å². The van der Waals surface area contributed by atoms with Crippen LogP contribution in [0.1, 0.15) is 5.56 Å². The summed E-state index contributed by atoms with van der Waals surface area (Å²) in [6.45, 7) is 0.425. The first kappa shape index (κ1) is 20.3. The summed E-state index contributed by atoms with van der Waals surface area (Å²) in [4.78, 5) is 13.1. The Bertz CT molecular complexity index is 803. The molecule has 0 radical (unpaired) electrons. The molecular formula is C17H18ClN3O3S2. The van der Waals surface area contributed by atoms with Gasteiger partial charge in [-0.25, -0.2) is 0 Å². The van der Waals surface area contributed by atoms with E-state index >= 15 is 0 Å². The molecule has 9 heteroatoms. The van der Waals surface area contributed by atoms with Gasteiger partial charge in [0.05, 0.1) is 5.02 Å². The molecule has 0 heterocycles. The lowest BCUT2D eigenvalue weighted by molar-refractivity contribution is -0.114. The van der Waals surface area contributed by atoms with E-state index in [1.54, 1.807) is 27.7 Å². The largest absolute Gasteiger partial charge is 0.506 e. The third-order valence-corrected chi connectivity index (χ3v) is 5.92. The first-order valence-electron chi connectivity index (χ1n) is 7.61. The number of carbonyl (C=O) groups excluding carboxylic acids is 1. The summed E-state index contributed by atoms with van der Waals surface area (Å²) in [5.74, 6) is 0.179. The fourth-order valence-electron chi connectivity index (χ4n) is 2.00. The highest BCUT2D eigenvalue weighted by molar-refractivity contribution is 8.76. The van der Waals surface area contributed by atoms with Crippen LogP contribution < -0.4 is 11.1 Å². The predicted octanol–water partition coefficient (Wildman–Crippen LogP) is 3.56. The number of nitrogens with two attached hydrogens (primary N) is 1. The number of phenols is 1. The van der Waals surface area contributed by atoms with Crippen molar-refractivity contribution in [3.8, 4) is 5.75 Å². The first-order valence-corrected chi connectivity index (χ1v) is 10.3. The molecule has 5 N–H and O–H groups in total. The minimum atomic E-state index is -0.453. The van der Waals surface area contributed by atoms with E-state index in [9.17, 15) is 9.90 Å². The number of nitrogens with zero attached hydrogens (tertiary/aromatic N) is 1. The lowest BCUT2D eigenvalue weighted by Gasteiger charge is -2.07. The molecule has 1 amide bonds. The second-order valence-electron chi connectivity index (χ2n) is 5.24. The molecular weight excluding hydrogens is 394 g/mol. The van der Waals surface area contributed by atoms with E-state index in [-0.39, 0.29) is 22.9 Å². The molecule has 0 aliphatic heterocycles. The van der Waals surface area contributed by atoms with Crippen molar-refractivity contribution in [3.63, 3.8) is 0 Å². The Balaban J connectivity index is 1.75. The van der Waals surface area contributed by atoms with Crippen molar-refractivity contribution in [2.75, 3.05) is 18.0 Å². The maximum Gasteiger partial charge on any atom is 0.269 e. The fraction of sp³-hybridized carbons (Fsp3) is 0.176. The summed E-state index contributed by atoms with van der Waals surface area (Å²) in [5.41, 5.74) is 7.06. The standard InChI is InChI=1S/C17H18ClN3O3S2/c18-14-8-11(4-5-16(14)22)9-15(21-24)17(23)20-6-7-25-26-13-3-1-2-12(19)10-13/h1-5,8,10,22,24H,6-7,9,19H2,(H,20,23)/b21-15+. The van der Waals surface area contributed by atoms with Crippen molar-refractivity contribution in [2.45, 2.75) is 11.3 Å². The number of hydrogen-bond acceptors (Lipinski definition) is 7.